The van der Waals surface area contributed by atoms with Gasteiger partial charge in [-0.15, -0.1) is 0 Å². The second-order valence-electron chi connectivity index (χ2n) is 7.34. The summed E-state index contributed by atoms with van der Waals surface area (Å²) in [6, 6.07) is 10.2. The zero-order valence-electron chi connectivity index (χ0n) is 17.2. The van der Waals surface area contributed by atoms with Gasteiger partial charge in [0.25, 0.3) is 11.6 Å². The van der Waals surface area contributed by atoms with Crippen LogP contribution in [0.5, 0.6) is 0 Å². The summed E-state index contributed by atoms with van der Waals surface area (Å²) in [5.74, 6) is -0.530. The maximum atomic E-state index is 12.7. The SMILES string of the molecule is COCCNc1ccc(C(=O)Nc2ccc(S(=O)(=O)C3CCCC3)cc2)cc1[N+](=O)[O-]. The second kappa shape index (κ2) is 9.88. The number of rotatable bonds is 9. The standard InChI is InChI=1S/C21H25N3O6S/c1-30-13-12-22-19-11-6-15(14-20(19)24(26)27)21(25)23-16-7-9-18(10-8-16)31(28,29)17-4-2-3-5-17/h6-11,14,17,22H,2-5,12-13H2,1H3,(H,23,25). The largest absolute Gasteiger partial charge is 0.383 e. The van der Waals surface area contributed by atoms with Crippen molar-refractivity contribution in [2.24, 2.45) is 0 Å². The minimum Gasteiger partial charge on any atom is -0.383 e. The van der Waals surface area contributed by atoms with Crippen LogP contribution in [0.1, 0.15) is 36.0 Å². The summed E-state index contributed by atoms with van der Waals surface area (Å²) >= 11 is 0. The number of anilines is 2. The van der Waals surface area contributed by atoms with Crippen molar-refractivity contribution in [3.8, 4) is 0 Å². The summed E-state index contributed by atoms with van der Waals surface area (Å²) in [7, 11) is -1.84. The number of sulfone groups is 1. The van der Waals surface area contributed by atoms with Crippen molar-refractivity contribution in [3.05, 3.63) is 58.1 Å². The van der Waals surface area contributed by atoms with Gasteiger partial charge in [-0.1, -0.05) is 12.8 Å². The Bertz CT molecular complexity index is 1050. The Balaban J connectivity index is 1.72. The average molecular weight is 448 g/mol. The van der Waals surface area contributed by atoms with E-state index in [2.05, 4.69) is 10.6 Å². The molecule has 0 aliphatic heterocycles. The third-order valence-corrected chi connectivity index (χ3v) is 7.54. The molecule has 9 nitrogen and oxygen atoms in total. The van der Waals surface area contributed by atoms with E-state index in [1.54, 1.807) is 0 Å². The van der Waals surface area contributed by atoms with Crippen molar-refractivity contribution in [3.63, 3.8) is 0 Å². The molecule has 0 spiro atoms. The molecule has 1 fully saturated rings. The molecule has 0 aromatic heterocycles. The maximum absolute atomic E-state index is 12.7. The fraction of sp³-hybridized carbons (Fsp3) is 0.381. The molecule has 0 atom stereocenters. The van der Waals surface area contributed by atoms with Gasteiger partial charge in [-0.2, -0.15) is 0 Å². The predicted molar refractivity (Wildman–Crippen MR) is 117 cm³/mol. The van der Waals surface area contributed by atoms with Crippen LogP contribution in [0.2, 0.25) is 0 Å². The highest BCUT2D eigenvalue weighted by Crippen LogP contribution is 2.30. The monoisotopic (exact) mass is 447 g/mol. The Morgan fingerprint density at radius 1 is 1.16 bits per heavy atom. The van der Waals surface area contributed by atoms with Crippen LogP contribution in [0, 0.1) is 10.1 Å². The number of carbonyl (C=O) groups is 1. The molecule has 0 saturated heterocycles. The van der Waals surface area contributed by atoms with Crippen molar-refractivity contribution in [2.45, 2.75) is 35.8 Å². The van der Waals surface area contributed by atoms with E-state index in [4.69, 9.17) is 4.74 Å². The van der Waals surface area contributed by atoms with Crippen LogP contribution in [0.4, 0.5) is 17.1 Å². The molecule has 166 valence electrons. The third-order valence-electron chi connectivity index (χ3n) is 5.26. The number of methoxy groups -OCH3 is 1. The summed E-state index contributed by atoms with van der Waals surface area (Å²) in [6.07, 6.45) is 3.20. The molecule has 2 aromatic carbocycles. The van der Waals surface area contributed by atoms with E-state index in [1.807, 2.05) is 0 Å². The topological polar surface area (TPSA) is 128 Å². The first kappa shape index (κ1) is 22.7. The summed E-state index contributed by atoms with van der Waals surface area (Å²) < 4.78 is 30.2. The number of nitro groups is 1. The summed E-state index contributed by atoms with van der Waals surface area (Å²) in [5, 5.41) is 16.6. The molecular formula is C21H25N3O6S. The Morgan fingerprint density at radius 2 is 1.84 bits per heavy atom. The van der Waals surface area contributed by atoms with Crippen LogP contribution in [0.25, 0.3) is 0 Å². The highest BCUT2D eigenvalue weighted by Gasteiger charge is 2.30. The van der Waals surface area contributed by atoms with Crippen molar-refractivity contribution < 1.29 is 22.9 Å². The number of carbonyl (C=O) groups excluding carboxylic acids is 1. The van der Waals surface area contributed by atoms with E-state index in [9.17, 15) is 23.3 Å². The number of hydrogen-bond acceptors (Lipinski definition) is 7. The van der Waals surface area contributed by atoms with Gasteiger partial charge in [0.05, 0.1) is 21.7 Å². The fourth-order valence-electron chi connectivity index (χ4n) is 3.58. The molecule has 2 aromatic rings. The van der Waals surface area contributed by atoms with Crippen LogP contribution in [-0.4, -0.2) is 44.8 Å². The molecule has 1 saturated carbocycles. The highest BCUT2D eigenvalue weighted by atomic mass is 32.2. The molecule has 3 rings (SSSR count). The van der Waals surface area contributed by atoms with Crippen LogP contribution < -0.4 is 10.6 Å². The first-order valence-corrected chi connectivity index (χ1v) is 11.5. The van der Waals surface area contributed by atoms with E-state index < -0.39 is 20.7 Å². The van der Waals surface area contributed by atoms with Crippen molar-refractivity contribution in [1.29, 1.82) is 0 Å². The lowest BCUT2D eigenvalue weighted by Gasteiger charge is -2.12. The van der Waals surface area contributed by atoms with E-state index in [1.165, 1.54) is 49.6 Å². The molecule has 0 bridgehead atoms. The number of nitro benzene ring substituents is 1. The van der Waals surface area contributed by atoms with E-state index >= 15 is 0 Å². The van der Waals surface area contributed by atoms with Crippen molar-refractivity contribution >= 4 is 32.8 Å². The van der Waals surface area contributed by atoms with E-state index in [0.717, 1.165) is 12.8 Å². The number of ether oxygens (including phenoxy) is 1. The minimum atomic E-state index is -3.37. The van der Waals surface area contributed by atoms with Gasteiger partial charge in [0.2, 0.25) is 0 Å². The fourth-order valence-corrected chi connectivity index (χ4v) is 5.44. The van der Waals surface area contributed by atoms with Crippen molar-refractivity contribution in [2.75, 3.05) is 30.9 Å². The zero-order chi connectivity index (χ0) is 22.4. The van der Waals surface area contributed by atoms with Crippen LogP contribution in [-0.2, 0) is 14.6 Å². The van der Waals surface area contributed by atoms with Crippen LogP contribution >= 0.6 is 0 Å². The van der Waals surface area contributed by atoms with E-state index in [-0.39, 0.29) is 21.4 Å². The highest BCUT2D eigenvalue weighted by molar-refractivity contribution is 7.92. The first-order valence-electron chi connectivity index (χ1n) is 9.99. The average Bonchev–Trinajstić information content (AvgIpc) is 3.30. The lowest BCUT2D eigenvalue weighted by Crippen LogP contribution is -2.18. The predicted octanol–water partition coefficient (Wildman–Crippen LogP) is 3.62. The third kappa shape index (κ3) is 5.39. The van der Waals surface area contributed by atoms with Gasteiger partial charge in [-0.3, -0.25) is 14.9 Å². The van der Waals surface area contributed by atoms with Gasteiger partial charge in [-0.05, 0) is 49.2 Å². The Hall–Kier alpha value is -2.98. The smallest absolute Gasteiger partial charge is 0.293 e. The molecular weight excluding hydrogens is 422 g/mol. The van der Waals surface area contributed by atoms with Gasteiger partial charge >= 0.3 is 0 Å². The summed E-state index contributed by atoms with van der Waals surface area (Å²) in [6.45, 7) is 0.769. The Labute approximate surface area is 180 Å². The number of nitrogens with one attached hydrogen (secondary N) is 2. The maximum Gasteiger partial charge on any atom is 0.293 e. The second-order valence-corrected chi connectivity index (χ2v) is 9.57. The lowest BCUT2D eigenvalue weighted by molar-refractivity contribution is -0.384. The Kier molecular flexibility index (Phi) is 7.24. The van der Waals surface area contributed by atoms with Crippen LogP contribution in [0.15, 0.2) is 47.4 Å². The first-order chi connectivity index (χ1) is 14.8. The molecule has 0 unspecified atom stereocenters. The summed E-state index contributed by atoms with van der Waals surface area (Å²) in [4.78, 5) is 23.6. The normalized spacial score (nSPS) is 14.4. The Morgan fingerprint density at radius 3 is 2.45 bits per heavy atom. The zero-order valence-corrected chi connectivity index (χ0v) is 18.0. The van der Waals surface area contributed by atoms with Crippen molar-refractivity contribution in [1.82, 2.24) is 0 Å². The van der Waals surface area contributed by atoms with Gasteiger partial charge < -0.3 is 15.4 Å². The number of hydrogen-bond donors (Lipinski definition) is 2. The van der Waals surface area contributed by atoms with Gasteiger partial charge in [0, 0.05) is 31.0 Å². The minimum absolute atomic E-state index is 0.117. The van der Waals surface area contributed by atoms with E-state index in [0.29, 0.717) is 37.4 Å². The van der Waals surface area contributed by atoms with Gasteiger partial charge in [0.15, 0.2) is 9.84 Å². The number of amides is 1. The van der Waals surface area contributed by atoms with Gasteiger partial charge in [-0.25, -0.2) is 8.42 Å². The molecule has 0 radical (unpaired) electrons. The quantitative estimate of drug-likeness (QED) is 0.341. The molecule has 31 heavy (non-hydrogen) atoms. The molecule has 1 amide bonds. The molecule has 1 aliphatic carbocycles. The lowest BCUT2D eigenvalue weighted by atomic mass is 10.1. The van der Waals surface area contributed by atoms with Gasteiger partial charge in [0.1, 0.15) is 5.69 Å². The molecule has 1 aliphatic rings. The number of nitrogens with zero attached hydrogens (tertiary/aromatic N) is 1. The van der Waals surface area contributed by atoms with Crippen LogP contribution in [0.3, 0.4) is 0 Å². The molecule has 10 heteroatoms. The number of benzene rings is 2. The molecule has 2 N–H and O–H groups in total. The molecule has 0 heterocycles. The summed E-state index contributed by atoms with van der Waals surface area (Å²) in [5.41, 5.74) is 0.591.